The molecule has 2 rings (SSSR count). The van der Waals surface area contributed by atoms with E-state index < -0.39 is 6.04 Å². The summed E-state index contributed by atoms with van der Waals surface area (Å²) < 4.78 is 0. The molecule has 20 heavy (non-hydrogen) atoms. The fourth-order valence-corrected chi connectivity index (χ4v) is 1.96. The minimum absolute atomic E-state index is 0.0619. The molecule has 0 radical (unpaired) electrons. The Bertz CT molecular complexity index is 582. The molecule has 2 amide bonds. The van der Waals surface area contributed by atoms with Crippen LogP contribution >= 0.6 is 0 Å². The lowest BCUT2D eigenvalue weighted by atomic mass is 9.98. The van der Waals surface area contributed by atoms with Crippen molar-refractivity contribution in [1.29, 1.82) is 0 Å². The fourth-order valence-electron chi connectivity index (χ4n) is 1.96. The number of β-lactam (4-membered cyclic amide) rings is 1. The van der Waals surface area contributed by atoms with E-state index in [-0.39, 0.29) is 36.6 Å². The minimum atomic E-state index is -0.676. The number of nitrogens with zero attached hydrogens (tertiary/aromatic N) is 3. The van der Waals surface area contributed by atoms with Crippen molar-refractivity contribution in [2.75, 3.05) is 6.54 Å². The van der Waals surface area contributed by atoms with Crippen molar-refractivity contribution >= 4 is 11.8 Å². The highest BCUT2D eigenvalue weighted by Crippen LogP contribution is 2.12. The molecule has 8 nitrogen and oxygen atoms in total. The summed E-state index contributed by atoms with van der Waals surface area (Å²) in [5, 5.41) is 17.8. The van der Waals surface area contributed by atoms with Crippen LogP contribution in [0, 0.1) is 0 Å². The molecule has 8 heteroatoms. The Morgan fingerprint density at radius 1 is 1.55 bits per heavy atom. The van der Waals surface area contributed by atoms with Gasteiger partial charge in [-0.15, -0.1) is 0 Å². The van der Waals surface area contributed by atoms with E-state index in [0.717, 1.165) is 0 Å². The van der Waals surface area contributed by atoms with Gasteiger partial charge in [0.05, 0.1) is 12.5 Å². The van der Waals surface area contributed by atoms with Crippen molar-refractivity contribution in [2.24, 2.45) is 5.11 Å². The molecule has 104 valence electrons. The second-order valence-corrected chi connectivity index (χ2v) is 4.42. The molecule has 0 bridgehead atoms. The summed E-state index contributed by atoms with van der Waals surface area (Å²) in [4.78, 5) is 25.8. The molecule has 0 saturated carbocycles. The molecule has 0 unspecified atom stereocenters. The van der Waals surface area contributed by atoms with Gasteiger partial charge in [0, 0.05) is 11.5 Å². The maximum absolute atomic E-state index is 11.8. The predicted molar refractivity (Wildman–Crippen MR) is 69.7 cm³/mol. The van der Waals surface area contributed by atoms with Gasteiger partial charge in [0.25, 0.3) is 0 Å². The number of phenolic OH excluding ortho intramolecular Hbond substituents is 1. The minimum Gasteiger partial charge on any atom is -0.508 e. The van der Waals surface area contributed by atoms with Crippen LogP contribution in [-0.4, -0.2) is 35.5 Å². The second kappa shape index (κ2) is 5.94. The van der Waals surface area contributed by atoms with Crippen molar-refractivity contribution in [1.82, 2.24) is 10.6 Å². The number of aromatic hydroxyl groups is 1. The summed E-state index contributed by atoms with van der Waals surface area (Å²) in [7, 11) is 0. The first-order valence-corrected chi connectivity index (χ1v) is 5.98. The lowest BCUT2D eigenvalue weighted by Crippen LogP contribution is -2.70. The van der Waals surface area contributed by atoms with Crippen LogP contribution in [0.1, 0.15) is 5.56 Å². The SMILES string of the molecule is [N-]=[N+]=NC[C@@H]1NC(=O)[C@@H]1NC(=O)Cc1cccc(O)c1. The summed E-state index contributed by atoms with van der Waals surface area (Å²) >= 11 is 0. The molecule has 1 aliphatic heterocycles. The molecule has 1 aliphatic rings. The van der Waals surface area contributed by atoms with Crippen LogP contribution in [0.2, 0.25) is 0 Å². The van der Waals surface area contributed by atoms with Crippen molar-refractivity contribution in [3.63, 3.8) is 0 Å². The van der Waals surface area contributed by atoms with E-state index in [1.807, 2.05) is 0 Å². The number of carbonyl (C=O) groups excluding carboxylic acids is 2. The maximum Gasteiger partial charge on any atom is 0.245 e. The zero-order valence-corrected chi connectivity index (χ0v) is 10.5. The summed E-state index contributed by atoms with van der Waals surface area (Å²) in [5.41, 5.74) is 8.87. The van der Waals surface area contributed by atoms with Crippen LogP contribution in [0.25, 0.3) is 10.4 Å². The number of carbonyl (C=O) groups is 2. The first-order chi connectivity index (χ1) is 9.60. The lowest BCUT2D eigenvalue weighted by Gasteiger charge is -2.36. The highest BCUT2D eigenvalue weighted by molar-refractivity contribution is 5.93. The van der Waals surface area contributed by atoms with Gasteiger partial charge in [0.15, 0.2) is 0 Å². The van der Waals surface area contributed by atoms with Crippen LogP contribution < -0.4 is 10.6 Å². The zero-order chi connectivity index (χ0) is 14.5. The first kappa shape index (κ1) is 13.7. The van der Waals surface area contributed by atoms with Crippen molar-refractivity contribution in [2.45, 2.75) is 18.5 Å². The van der Waals surface area contributed by atoms with Gasteiger partial charge < -0.3 is 15.7 Å². The molecule has 0 spiro atoms. The molecule has 3 N–H and O–H groups in total. The number of rotatable bonds is 5. The Hall–Kier alpha value is -2.73. The molecular formula is C12H13N5O3. The van der Waals surface area contributed by atoms with Crippen LogP contribution in [0.3, 0.4) is 0 Å². The van der Waals surface area contributed by atoms with E-state index in [0.29, 0.717) is 5.56 Å². The Balaban J connectivity index is 1.90. The smallest absolute Gasteiger partial charge is 0.245 e. The highest BCUT2D eigenvalue weighted by atomic mass is 16.3. The average molecular weight is 275 g/mol. The Labute approximate surface area is 114 Å². The van der Waals surface area contributed by atoms with E-state index >= 15 is 0 Å². The lowest BCUT2D eigenvalue weighted by molar-refractivity contribution is -0.135. The van der Waals surface area contributed by atoms with Gasteiger partial charge in [0.2, 0.25) is 11.8 Å². The summed E-state index contributed by atoms with van der Waals surface area (Å²) in [6, 6.07) is 5.29. The monoisotopic (exact) mass is 275 g/mol. The van der Waals surface area contributed by atoms with Gasteiger partial charge >= 0.3 is 0 Å². The molecule has 1 heterocycles. The number of amides is 2. The molecular weight excluding hydrogens is 262 g/mol. The first-order valence-electron chi connectivity index (χ1n) is 5.98. The summed E-state index contributed by atoms with van der Waals surface area (Å²) in [6.45, 7) is 0.0965. The molecule has 1 fully saturated rings. The second-order valence-electron chi connectivity index (χ2n) is 4.42. The van der Waals surface area contributed by atoms with E-state index in [1.165, 1.54) is 12.1 Å². The molecule has 1 aromatic carbocycles. The van der Waals surface area contributed by atoms with Crippen LogP contribution in [0.5, 0.6) is 5.75 Å². The number of hydrogen-bond donors (Lipinski definition) is 3. The van der Waals surface area contributed by atoms with Crippen LogP contribution in [0.15, 0.2) is 29.4 Å². The maximum atomic E-state index is 11.8. The van der Waals surface area contributed by atoms with Gasteiger partial charge in [0.1, 0.15) is 11.8 Å². The standard InChI is InChI=1S/C12H13N5O3/c13-17-14-6-9-11(12(20)15-9)16-10(19)5-7-2-1-3-8(18)4-7/h1-4,9,11,18H,5-6H2,(H,15,20)(H,16,19)/t9-,11+/m0/s1. The van der Waals surface area contributed by atoms with Crippen LogP contribution in [-0.2, 0) is 16.0 Å². The van der Waals surface area contributed by atoms with Crippen molar-refractivity contribution in [3.05, 3.63) is 40.3 Å². The summed E-state index contributed by atoms with van der Waals surface area (Å²) in [5.74, 6) is -0.549. The Kier molecular flexibility index (Phi) is 4.07. The van der Waals surface area contributed by atoms with Gasteiger partial charge in [-0.2, -0.15) is 0 Å². The van der Waals surface area contributed by atoms with Crippen molar-refractivity contribution < 1.29 is 14.7 Å². The van der Waals surface area contributed by atoms with Gasteiger partial charge in [-0.25, -0.2) is 0 Å². The molecule has 1 aromatic rings. The largest absolute Gasteiger partial charge is 0.508 e. The molecule has 1 saturated heterocycles. The number of phenols is 1. The molecule has 0 aromatic heterocycles. The third kappa shape index (κ3) is 3.18. The number of benzene rings is 1. The summed E-state index contributed by atoms with van der Waals surface area (Å²) in [6.07, 6.45) is 0.0619. The van der Waals surface area contributed by atoms with Crippen LogP contribution in [0.4, 0.5) is 0 Å². The van der Waals surface area contributed by atoms with Gasteiger partial charge in [-0.3, -0.25) is 9.59 Å². The topological polar surface area (TPSA) is 127 Å². The normalized spacial score (nSPS) is 20.3. The number of hydrogen-bond acceptors (Lipinski definition) is 4. The average Bonchev–Trinajstić information content (AvgIpc) is 2.41. The van der Waals surface area contributed by atoms with E-state index in [4.69, 9.17) is 5.53 Å². The molecule has 2 atom stereocenters. The van der Waals surface area contributed by atoms with Gasteiger partial charge in [-0.1, -0.05) is 17.2 Å². The van der Waals surface area contributed by atoms with Gasteiger partial charge in [-0.05, 0) is 23.2 Å². The number of azide groups is 1. The zero-order valence-electron chi connectivity index (χ0n) is 10.5. The van der Waals surface area contributed by atoms with Crippen molar-refractivity contribution in [3.8, 4) is 5.75 Å². The fraction of sp³-hybridized carbons (Fsp3) is 0.333. The quantitative estimate of drug-likeness (QED) is 0.308. The third-order valence-electron chi connectivity index (χ3n) is 2.95. The highest BCUT2D eigenvalue weighted by Gasteiger charge is 2.39. The van der Waals surface area contributed by atoms with E-state index in [9.17, 15) is 14.7 Å². The Morgan fingerprint density at radius 2 is 2.35 bits per heavy atom. The predicted octanol–water partition coefficient (Wildman–Crippen LogP) is 0.228. The van der Waals surface area contributed by atoms with E-state index in [2.05, 4.69) is 20.7 Å². The Morgan fingerprint density at radius 3 is 3.00 bits per heavy atom. The number of nitrogens with one attached hydrogen (secondary N) is 2. The third-order valence-corrected chi connectivity index (χ3v) is 2.95. The molecule has 0 aliphatic carbocycles. The van der Waals surface area contributed by atoms with E-state index in [1.54, 1.807) is 12.1 Å².